The van der Waals surface area contributed by atoms with Crippen LogP contribution in [0.25, 0.3) is 0 Å². The molecule has 2 aliphatic heterocycles. The van der Waals surface area contributed by atoms with Crippen molar-refractivity contribution in [3.05, 3.63) is 29.3 Å². The first-order valence-electron chi connectivity index (χ1n) is 8.27. The molecule has 2 heterocycles. The monoisotopic (exact) mass is 272 g/mol. The van der Waals surface area contributed by atoms with Gasteiger partial charge in [-0.15, -0.1) is 0 Å². The number of nitrogens with zero attached hydrogens (tertiary/aromatic N) is 2. The topological polar surface area (TPSA) is 6.48 Å². The van der Waals surface area contributed by atoms with Crippen LogP contribution in [0.15, 0.2) is 18.2 Å². The Balaban J connectivity index is 1.88. The zero-order valence-corrected chi connectivity index (χ0v) is 13.2. The molecule has 2 atom stereocenters. The van der Waals surface area contributed by atoms with Crippen LogP contribution in [0.3, 0.4) is 0 Å². The molecule has 110 valence electrons. The predicted octanol–water partition coefficient (Wildman–Crippen LogP) is 3.76. The number of anilines is 1. The molecular formula is C18H28N2. The second-order valence-corrected chi connectivity index (χ2v) is 6.65. The Bertz CT molecular complexity index is 468. The normalized spacial score (nSPS) is 27.4. The standard InChI is InChI=1S/C18H28N2/c1-4-16-12-19-10-6-5-7-17(19)13-20(16)18-11-14(2)8-9-15(18)3/h8-9,11,16-17H,4-7,10,12-13H2,1-3H3. The van der Waals surface area contributed by atoms with Crippen LogP contribution in [-0.2, 0) is 0 Å². The van der Waals surface area contributed by atoms with E-state index in [-0.39, 0.29) is 0 Å². The lowest BCUT2D eigenvalue weighted by molar-refractivity contribution is 0.111. The van der Waals surface area contributed by atoms with Crippen molar-refractivity contribution in [2.45, 2.75) is 58.5 Å². The third-order valence-electron chi connectivity index (χ3n) is 5.19. The summed E-state index contributed by atoms with van der Waals surface area (Å²) in [5.74, 6) is 0. The van der Waals surface area contributed by atoms with Crippen LogP contribution < -0.4 is 4.90 Å². The van der Waals surface area contributed by atoms with Crippen LogP contribution in [-0.4, -0.2) is 36.6 Å². The van der Waals surface area contributed by atoms with Crippen LogP contribution in [0.1, 0.15) is 43.7 Å². The lowest BCUT2D eigenvalue weighted by Crippen LogP contribution is -2.59. The summed E-state index contributed by atoms with van der Waals surface area (Å²) in [7, 11) is 0. The summed E-state index contributed by atoms with van der Waals surface area (Å²) in [6.07, 6.45) is 5.45. The lowest BCUT2D eigenvalue weighted by atomic mass is 9.94. The van der Waals surface area contributed by atoms with Gasteiger partial charge in [-0.3, -0.25) is 4.90 Å². The summed E-state index contributed by atoms with van der Waals surface area (Å²) in [6.45, 7) is 10.6. The summed E-state index contributed by atoms with van der Waals surface area (Å²) in [4.78, 5) is 5.45. The summed E-state index contributed by atoms with van der Waals surface area (Å²) >= 11 is 0. The van der Waals surface area contributed by atoms with Gasteiger partial charge in [0.25, 0.3) is 0 Å². The van der Waals surface area contributed by atoms with Crippen molar-refractivity contribution in [1.29, 1.82) is 0 Å². The zero-order chi connectivity index (χ0) is 14.1. The molecule has 2 fully saturated rings. The van der Waals surface area contributed by atoms with Gasteiger partial charge < -0.3 is 4.90 Å². The summed E-state index contributed by atoms with van der Waals surface area (Å²) in [6, 6.07) is 8.37. The number of rotatable bonds is 2. The SMILES string of the molecule is CCC1CN2CCCCC2CN1c1cc(C)ccc1C. The van der Waals surface area contributed by atoms with E-state index in [1.165, 1.54) is 62.1 Å². The molecule has 0 N–H and O–H groups in total. The molecule has 0 aromatic heterocycles. The third kappa shape index (κ3) is 2.58. The summed E-state index contributed by atoms with van der Waals surface area (Å²) < 4.78 is 0. The molecule has 1 aromatic carbocycles. The van der Waals surface area contributed by atoms with Crippen LogP contribution in [0.4, 0.5) is 5.69 Å². The van der Waals surface area contributed by atoms with Gasteiger partial charge in [0.05, 0.1) is 0 Å². The zero-order valence-electron chi connectivity index (χ0n) is 13.2. The van der Waals surface area contributed by atoms with E-state index in [4.69, 9.17) is 0 Å². The number of benzene rings is 1. The van der Waals surface area contributed by atoms with Crippen molar-refractivity contribution in [2.75, 3.05) is 24.5 Å². The molecule has 0 aliphatic carbocycles. The molecule has 2 nitrogen and oxygen atoms in total. The van der Waals surface area contributed by atoms with Crippen LogP contribution in [0, 0.1) is 13.8 Å². The van der Waals surface area contributed by atoms with Gasteiger partial charge in [-0.2, -0.15) is 0 Å². The van der Waals surface area contributed by atoms with E-state index in [9.17, 15) is 0 Å². The van der Waals surface area contributed by atoms with Crippen molar-refractivity contribution in [2.24, 2.45) is 0 Å². The molecule has 0 spiro atoms. The second-order valence-electron chi connectivity index (χ2n) is 6.65. The van der Waals surface area contributed by atoms with Crippen molar-refractivity contribution >= 4 is 5.69 Å². The molecule has 1 aromatic rings. The fraction of sp³-hybridized carbons (Fsp3) is 0.667. The molecule has 0 amide bonds. The molecule has 2 unspecified atom stereocenters. The highest BCUT2D eigenvalue weighted by molar-refractivity contribution is 5.56. The second kappa shape index (κ2) is 5.77. The average Bonchev–Trinajstić information content (AvgIpc) is 2.48. The highest BCUT2D eigenvalue weighted by atomic mass is 15.3. The Hall–Kier alpha value is -1.02. The highest BCUT2D eigenvalue weighted by Crippen LogP contribution is 2.31. The van der Waals surface area contributed by atoms with Gasteiger partial charge in [0.1, 0.15) is 0 Å². The first kappa shape index (κ1) is 13.9. The largest absolute Gasteiger partial charge is 0.365 e. The van der Waals surface area contributed by atoms with E-state index in [0.29, 0.717) is 6.04 Å². The Morgan fingerprint density at radius 3 is 2.80 bits per heavy atom. The molecule has 2 heteroatoms. The van der Waals surface area contributed by atoms with Gasteiger partial charge in [-0.05, 0) is 56.8 Å². The molecule has 0 radical (unpaired) electrons. The van der Waals surface area contributed by atoms with Crippen LogP contribution in [0.5, 0.6) is 0 Å². The Kier molecular flexibility index (Phi) is 4.02. The van der Waals surface area contributed by atoms with E-state index in [1.54, 1.807) is 0 Å². The summed E-state index contributed by atoms with van der Waals surface area (Å²) in [5, 5.41) is 0. The number of hydrogen-bond acceptors (Lipinski definition) is 2. The quantitative estimate of drug-likeness (QED) is 0.809. The highest BCUT2D eigenvalue weighted by Gasteiger charge is 2.34. The first-order valence-corrected chi connectivity index (χ1v) is 8.27. The van der Waals surface area contributed by atoms with Gasteiger partial charge in [-0.25, -0.2) is 0 Å². The average molecular weight is 272 g/mol. The van der Waals surface area contributed by atoms with E-state index >= 15 is 0 Å². The Morgan fingerprint density at radius 2 is 2.00 bits per heavy atom. The van der Waals surface area contributed by atoms with Crippen LogP contribution in [0.2, 0.25) is 0 Å². The maximum Gasteiger partial charge on any atom is 0.0415 e. The van der Waals surface area contributed by atoms with E-state index in [2.05, 4.69) is 48.8 Å². The minimum absolute atomic E-state index is 0.685. The van der Waals surface area contributed by atoms with E-state index in [1.807, 2.05) is 0 Å². The van der Waals surface area contributed by atoms with Crippen LogP contribution >= 0.6 is 0 Å². The fourth-order valence-electron chi connectivity index (χ4n) is 3.93. The van der Waals surface area contributed by atoms with Crippen molar-refractivity contribution in [3.8, 4) is 0 Å². The maximum absolute atomic E-state index is 2.75. The molecule has 20 heavy (non-hydrogen) atoms. The summed E-state index contributed by atoms with van der Waals surface area (Å²) in [5.41, 5.74) is 4.28. The number of aryl methyl sites for hydroxylation is 2. The van der Waals surface area contributed by atoms with Gasteiger partial charge >= 0.3 is 0 Å². The van der Waals surface area contributed by atoms with Gasteiger partial charge in [0, 0.05) is 30.9 Å². The Labute approximate surface area is 123 Å². The Morgan fingerprint density at radius 1 is 1.15 bits per heavy atom. The van der Waals surface area contributed by atoms with Crippen molar-refractivity contribution < 1.29 is 0 Å². The number of fused-ring (bicyclic) bond motifs is 1. The molecule has 2 saturated heterocycles. The molecule has 0 saturated carbocycles. The van der Waals surface area contributed by atoms with E-state index < -0.39 is 0 Å². The molecule has 0 bridgehead atoms. The number of hydrogen-bond donors (Lipinski definition) is 0. The minimum atomic E-state index is 0.685. The molecule has 2 aliphatic rings. The molecule has 3 rings (SSSR count). The lowest BCUT2D eigenvalue weighted by Gasteiger charge is -2.49. The predicted molar refractivity (Wildman–Crippen MR) is 86.6 cm³/mol. The van der Waals surface area contributed by atoms with E-state index in [0.717, 1.165) is 6.04 Å². The van der Waals surface area contributed by atoms with Gasteiger partial charge in [0.15, 0.2) is 0 Å². The maximum atomic E-state index is 2.75. The van der Waals surface area contributed by atoms with Crippen molar-refractivity contribution in [3.63, 3.8) is 0 Å². The smallest absolute Gasteiger partial charge is 0.0415 e. The third-order valence-corrected chi connectivity index (χ3v) is 5.19. The number of piperidine rings is 1. The fourth-order valence-corrected chi connectivity index (χ4v) is 3.93. The first-order chi connectivity index (χ1) is 9.69. The molecular weight excluding hydrogens is 244 g/mol. The van der Waals surface area contributed by atoms with Crippen molar-refractivity contribution in [1.82, 2.24) is 4.90 Å². The number of piperazine rings is 1. The van der Waals surface area contributed by atoms with Gasteiger partial charge in [0.2, 0.25) is 0 Å². The minimum Gasteiger partial charge on any atom is -0.365 e. The van der Waals surface area contributed by atoms with Gasteiger partial charge in [-0.1, -0.05) is 25.5 Å².